The molecule has 1 aromatic heterocycles. The number of amides is 1. The molecule has 2 bridgehead atoms. The molecule has 0 N–H and O–H groups in total. The molecule has 1 amide bonds. The number of hydrogen-bond acceptors (Lipinski definition) is 3. The van der Waals surface area contributed by atoms with Gasteiger partial charge in [0.15, 0.2) is 0 Å². The van der Waals surface area contributed by atoms with Gasteiger partial charge < -0.3 is 9.47 Å². The molecule has 0 spiro atoms. The summed E-state index contributed by atoms with van der Waals surface area (Å²) in [4.78, 5) is 23.9. The number of likely N-dealkylation sites (tertiary alicyclic amines) is 1. The number of benzene rings is 2. The second kappa shape index (κ2) is 11.7. The van der Waals surface area contributed by atoms with Crippen LogP contribution in [0.5, 0.6) is 0 Å². The molecule has 1 aliphatic carbocycles. The topological polar surface area (TPSA) is 41.4 Å². The number of carbonyl (C=O) groups excluding carboxylic acids is 1. The summed E-state index contributed by atoms with van der Waals surface area (Å²) in [6, 6.07) is 21.8. The molecule has 230 valence electrons. The molecule has 43 heavy (non-hydrogen) atoms. The van der Waals surface area contributed by atoms with Crippen molar-refractivity contribution in [2.24, 2.45) is 11.3 Å². The van der Waals surface area contributed by atoms with Crippen molar-refractivity contribution in [3.63, 3.8) is 0 Å². The first-order valence-corrected chi connectivity index (χ1v) is 17.4. The van der Waals surface area contributed by atoms with Crippen LogP contribution in [0.2, 0.25) is 0 Å². The van der Waals surface area contributed by atoms with E-state index in [1.807, 2.05) is 0 Å². The summed E-state index contributed by atoms with van der Waals surface area (Å²) in [6.45, 7) is 9.61. The Morgan fingerprint density at radius 2 is 1.51 bits per heavy atom. The number of carbonyl (C=O) groups is 1. The van der Waals surface area contributed by atoms with E-state index < -0.39 is 0 Å². The maximum atomic E-state index is 13.9. The van der Waals surface area contributed by atoms with Crippen molar-refractivity contribution in [1.29, 1.82) is 0 Å². The van der Waals surface area contributed by atoms with E-state index in [2.05, 4.69) is 89.7 Å². The predicted octanol–water partition coefficient (Wildman–Crippen LogP) is 8.07. The fourth-order valence-electron chi connectivity index (χ4n) is 9.81. The van der Waals surface area contributed by atoms with Crippen LogP contribution in [0.25, 0.3) is 11.0 Å². The number of fused-ring (bicyclic) bond motifs is 3. The van der Waals surface area contributed by atoms with E-state index in [4.69, 9.17) is 4.98 Å². The Bertz CT molecular complexity index is 1400. The molecule has 4 aliphatic rings. The van der Waals surface area contributed by atoms with Crippen LogP contribution in [-0.2, 0) is 10.2 Å². The number of imidazole rings is 1. The number of para-hydroxylation sites is 2. The van der Waals surface area contributed by atoms with E-state index >= 15 is 0 Å². The minimum Gasteiger partial charge on any atom is -0.342 e. The SMILES string of the molecule is Cc1nc2ccccc2n1[C@H]1C[C@H]2CC[C@@H](C1)N2CCC1(c2ccccc2)CCN(C(=O)C(C)(C)C2CCCCC2)CC1. The normalized spacial score (nSPS) is 26.7. The van der Waals surface area contributed by atoms with Crippen LogP contribution in [0.15, 0.2) is 54.6 Å². The van der Waals surface area contributed by atoms with Gasteiger partial charge in [0.2, 0.25) is 5.91 Å². The maximum Gasteiger partial charge on any atom is 0.228 e. The average molecular weight is 581 g/mol. The van der Waals surface area contributed by atoms with Crippen LogP contribution in [0.1, 0.15) is 108 Å². The smallest absolute Gasteiger partial charge is 0.228 e. The minimum atomic E-state index is -0.240. The zero-order valence-electron chi connectivity index (χ0n) is 26.8. The van der Waals surface area contributed by atoms with Gasteiger partial charge in [-0.05, 0) is 100 Å². The first kappa shape index (κ1) is 29.1. The number of aromatic nitrogens is 2. The Hall–Kier alpha value is -2.66. The molecule has 1 saturated carbocycles. The predicted molar refractivity (Wildman–Crippen MR) is 175 cm³/mol. The van der Waals surface area contributed by atoms with Gasteiger partial charge in [-0.1, -0.05) is 75.6 Å². The third-order valence-electron chi connectivity index (χ3n) is 12.4. The lowest BCUT2D eigenvalue weighted by atomic mass is 9.68. The van der Waals surface area contributed by atoms with Crippen molar-refractivity contribution in [3.05, 3.63) is 66.0 Å². The van der Waals surface area contributed by atoms with E-state index in [1.54, 1.807) is 0 Å². The minimum absolute atomic E-state index is 0.153. The second-order valence-electron chi connectivity index (χ2n) is 15.0. The van der Waals surface area contributed by atoms with E-state index in [0.29, 0.717) is 30.0 Å². The molecule has 2 aromatic carbocycles. The Morgan fingerprint density at radius 1 is 0.860 bits per heavy atom. The number of aryl methyl sites for hydroxylation is 1. The summed E-state index contributed by atoms with van der Waals surface area (Å²) in [6.07, 6.45) is 14.8. The lowest BCUT2D eigenvalue weighted by molar-refractivity contribution is -0.146. The zero-order valence-corrected chi connectivity index (χ0v) is 26.8. The molecule has 4 heterocycles. The third kappa shape index (κ3) is 5.34. The molecule has 3 aromatic rings. The quantitative estimate of drug-likeness (QED) is 0.284. The monoisotopic (exact) mass is 580 g/mol. The highest BCUT2D eigenvalue weighted by Gasteiger charge is 2.46. The molecule has 3 aliphatic heterocycles. The first-order chi connectivity index (χ1) is 20.9. The van der Waals surface area contributed by atoms with Gasteiger partial charge in [0.1, 0.15) is 5.82 Å². The Morgan fingerprint density at radius 3 is 2.21 bits per heavy atom. The molecule has 4 fully saturated rings. The van der Waals surface area contributed by atoms with Gasteiger partial charge in [0.05, 0.1) is 11.0 Å². The van der Waals surface area contributed by atoms with Crippen molar-refractivity contribution in [2.75, 3.05) is 19.6 Å². The van der Waals surface area contributed by atoms with Crippen molar-refractivity contribution >= 4 is 16.9 Å². The highest BCUT2D eigenvalue weighted by Crippen LogP contribution is 2.46. The molecule has 3 atom stereocenters. The molecule has 0 unspecified atom stereocenters. The number of piperidine rings is 2. The Kier molecular flexibility index (Phi) is 7.90. The maximum absolute atomic E-state index is 13.9. The summed E-state index contributed by atoms with van der Waals surface area (Å²) in [5, 5.41) is 0. The van der Waals surface area contributed by atoms with Crippen LogP contribution in [-0.4, -0.2) is 57.0 Å². The second-order valence-corrected chi connectivity index (χ2v) is 15.0. The van der Waals surface area contributed by atoms with Crippen molar-refractivity contribution < 1.29 is 4.79 Å². The van der Waals surface area contributed by atoms with Gasteiger partial charge in [-0.3, -0.25) is 9.69 Å². The number of hydrogen-bond donors (Lipinski definition) is 0. The largest absolute Gasteiger partial charge is 0.342 e. The molecule has 5 heteroatoms. The van der Waals surface area contributed by atoms with Crippen LogP contribution in [0.3, 0.4) is 0 Å². The molecule has 7 rings (SSSR count). The van der Waals surface area contributed by atoms with E-state index in [0.717, 1.165) is 37.3 Å². The van der Waals surface area contributed by atoms with Crippen LogP contribution in [0.4, 0.5) is 0 Å². The van der Waals surface area contributed by atoms with Gasteiger partial charge in [-0.25, -0.2) is 4.98 Å². The van der Waals surface area contributed by atoms with Gasteiger partial charge in [-0.15, -0.1) is 0 Å². The average Bonchev–Trinajstić information content (AvgIpc) is 3.51. The highest BCUT2D eigenvalue weighted by molar-refractivity contribution is 5.82. The summed E-state index contributed by atoms with van der Waals surface area (Å²) < 4.78 is 2.55. The van der Waals surface area contributed by atoms with Gasteiger partial charge in [0, 0.05) is 36.6 Å². The standard InChI is InChI=1S/C38H52N4O/c1-28-39-34-16-10-11-17-35(34)42(28)33-26-31-18-19-32(27-33)41(31)25-22-38(30-14-8-5-9-15-30)20-23-40(24-21-38)36(43)37(2,3)29-12-6-4-7-13-29/h5,8-11,14-17,29,31-33H,4,6-7,12-13,18-27H2,1-3H3/t31-,32+,33+. The fourth-order valence-corrected chi connectivity index (χ4v) is 9.81. The van der Waals surface area contributed by atoms with Crippen molar-refractivity contribution in [2.45, 2.75) is 121 Å². The molecular formula is C38H52N4O. The van der Waals surface area contributed by atoms with Crippen molar-refractivity contribution in [1.82, 2.24) is 19.4 Å². The lowest BCUT2D eigenvalue weighted by Crippen LogP contribution is -2.52. The highest BCUT2D eigenvalue weighted by atomic mass is 16.2. The molecular weight excluding hydrogens is 528 g/mol. The summed E-state index contributed by atoms with van der Waals surface area (Å²) in [5.41, 5.74) is 3.83. The molecule has 5 nitrogen and oxygen atoms in total. The van der Waals surface area contributed by atoms with Crippen LogP contribution in [0, 0.1) is 18.3 Å². The van der Waals surface area contributed by atoms with Gasteiger partial charge in [0.25, 0.3) is 0 Å². The summed E-state index contributed by atoms with van der Waals surface area (Å²) >= 11 is 0. The fraction of sp³-hybridized carbons (Fsp3) is 0.632. The third-order valence-corrected chi connectivity index (χ3v) is 12.4. The van der Waals surface area contributed by atoms with Crippen LogP contribution < -0.4 is 0 Å². The Labute approximate surface area is 259 Å². The lowest BCUT2D eigenvalue weighted by Gasteiger charge is -2.47. The zero-order chi connectivity index (χ0) is 29.6. The molecule has 3 saturated heterocycles. The number of nitrogens with zero attached hydrogens (tertiary/aromatic N) is 4. The van der Waals surface area contributed by atoms with Gasteiger partial charge in [-0.2, -0.15) is 0 Å². The summed E-state index contributed by atoms with van der Waals surface area (Å²) in [5.74, 6) is 2.11. The molecule has 0 radical (unpaired) electrons. The van der Waals surface area contributed by atoms with E-state index in [-0.39, 0.29) is 10.8 Å². The van der Waals surface area contributed by atoms with E-state index in [9.17, 15) is 4.79 Å². The summed E-state index contributed by atoms with van der Waals surface area (Å²) in [7, 11) is 0. The van der Waals surface area contributed by atoms with E-state index in [1.165, 1.54) is 81.8 Å². The van der Waals surface area contributed by atoms with Crippen molar-refractivity contribution in [3.8, 4) is 0 Å². The van der Waals surface area contributed by atoms with Gasteiger partial charge >= 0.3 is 0 Å². The van der Waals surface area contributed by atoms with Crippen LogP contribution >= 0.6 is 0 Å². The first-order valence-electron chi connectivity index (χ1n) is 17.4. The Balaban J connectivity index is 1.04. The number of rotatable bonds is 7.